The molecule has 1 aromatic heterocycles. The highest BCUT2D eigenvalue weighted by atomic mass is 16.3. The summed E-state index contributed by atoms with van der Waals surface area (Å²) in [6, 6.07) is 0. The summed E-state index contributed by atoms with van der Waals surface area (Å²) in [5, 5.41) is 3.38. The Balaban J connectivity index is 2.27. The summed E-state index contributed by atoms with van der Waals surface area (Å²) in [6.07, 6.45) is 5.65. The van der Waals surface area contributed by atoms with Crippen molar-refractivity contribution in [3.63, 3.8) is 0 Å². The summed E-state index contributed by atoms with van der Waals surface area (Å²) in [4.78, 5) is 4.14. The Labute approximate surface area is 65.8 Å². The minimum atomic E-state index is -0.0104. The van der Waals surface area contributed by atoms with Gasteiger partial charge in [0.25, 0.3) is 0 Å². The summed E-state index contributed by atoms with van der Waals surface area (Å²) >= 11 is 0. The Hall–Kier alpha value is -0.830. The first-order valence-corrected chi connectivity index (χ1v) is 3.96. The summed E-state index contributed by atoms with van der Waals surface area (Å²) in [7, 11) is 0. The second kappa shape index (κ2) is 2.34. The third kappa shape index (κ3) is 1.05. The zero-order valence-corrected chi connectivity index (χ0v) is 6.63. The molecule has 2 heterocycles. The van der Waals surface area contributed by atoms with Crippen molar-refractivity contribution >= 4 is 0 Å². The molecule has 1 N–H and O–H groups in total. The molecule has 0 radical (unpaired) electrons. The number of hydrogen-bond donors (Lipinski definition) is 1. The molecule has 0 spiro atoms. The van der Waals surface area contributed by atoms with Crippen LogP contribution < -0.4 is 5.32 Å². The van der Waals surface area contributed by atoms with Crippen LogP contribution in [0, 0.1) is 0 Å². The molecular formula is C8H12N2O. The molecule has 0 bridgehead atoms. The maximum Gasteiger partial charge on any atom is 0.213 e. The number of hydrogen-bond acceptors (Lipinski definition) is 3. The average Bonchev–Trinajstić information content (AvgIpc) is 2.55. The van der Waals surface area contributed by atoms with Crippen LogP contribution in [0.2, 0.25) is 0 Å². The molecule has 1 fully saturated rings. The monoisotopic (exact) mass is 152 g/mol. The standard InChI is InChI=1S/C8H12N2O/c1-8(3-2-4-10-8)7-9-5-6-11-7/h5-6,10H,2-4H2,1H3. The minimum absolute atomic E-state index is 0.0104. The number of aromatic nitrogens is 1. The maximum atomic E-state index is 5.25. The molecule has 1 saturated heterocycles. The molecule has 11 heavy (non-hydrogen) atoms. The van der Waals surface area contributed by atoms with E-state index in [1.165, 1.54) is 6.42 Å². The largest absolute Gasteiger partial charge is 0.447 e. The zero-order valence-electron chi connectivity index (χ0n) is 6.63. The van der Waals surface area contributed by atoms with Gasteiger partial charge in [-0.25, -0.2) is 4.98 Å². The van der Waals surface area contributed by atoms with Gasteiger partial charge in [-0.3, -0.25) is 0 Å². The first-order valence-electron chi connectivity index (χ1n) is 3.96. The van der Waals surface area contributed by atoms with Gasteiger partial charge in [0.1, 0.15) is 6.26 Å². The normalized spacial score (nSPS) is 31.0. The lowest BCUT2D eigenvalue weighted by Gasteiger charge is -2.19. The third-order valence-corrected chi connectivity index (χ3v) is 2.27. The van der Waals surface area contributed by atoms with Gasteiger partial charge in [0.15, 0.2) is 0 Å². The second-order valence-corrected chi connectivity index (χ2v) is 3.20. The summed E-state index contributed by atoms with van der Waals surface area (Å²) in [5.74, 6) is 0.815. The topological polar surface area (TPSA) is 38.1 Å². The summed E-state index contributed by atoms with van der Waals surface area (Å²) < 4.78 is 5.25. The van der Waals surface area contributed by atoms with Crippen molar-refractivity contribution in [1.82, 2.24) is 10.3 Å². The van der Waals surface area contributed by atoms with E-state index >= 15 is 0 Å². The Morgan fingerprint density at radius 1 is 1.73 bits per heavy atom. The average molecular weight is 152 g/mol. The van der Waals surface area contributed by atoms with Crippen LogP contribution in [0.4, 0.5) is 0 Å². The smallest absolute Gasteiger partial charge is 0.213 e. The van der Waals surface area contributed by atoms with Crippen LogP contribution >= 0.6 is 0 Å². The van der Waals surface area contributed by atoms with Crippen LogP contribution in [0.5, 0.6) is 0 Å². The first-order chi connectivity index (χ1) is 5.31. The molecule has 0 aromatic carbocycles. The zero-order chi connectivity index (χ0) is 7.73. The van der Waals surface area contributed by atoms with Crippen molar-refractivity contribution < 1.29 is 4.42 Å². The van der Waals surface area contributed by atoms with E-state index in [1.807, 2.05) is 0 Å². The fourth-order valence-electron chi connectivity index (χ4n) is 1.57. The van der Waals surface area contributed by atoms with Gasteiger partial charge in [0.2, 0.25) is 5.89 Å². The van der Waals surface area contributed by atoms with E-state index in [9.17, 15) is 0 Å². The van der Waals surface area contributed by atoms with Crippen LogP contribution in [0.25, 0.3) is 0 Å². The van der Waals surface area contributed by atoms with Crippen LogP contribution in [-0.2, 0) is 5.54 Å². The van der Waals surface area contributed by atoms with Crippen molar-refractivity contribution in [2.75, 3.05) is 6.54 Å². The molecule has 0 amide bonds. The van der Waals surface area contributed by atoms with Crippen molar-refractivity contribution in [2.45, 2.75) is 25.3 Å². The number of nitrogens with one attached hydrogen (secondary N) is 1. The van der Waals surface area contributed by atoms with Crippen LogP contribution in [0.15, 0.2) is 16.9 Å². The molecule has 60 valence electrons. The predicted octanol–water partition coefficient (Wildman–Crippen LogP) is 1.27. The van der Waals surface area contributed by atoms with Gasteiger partial charge in [0.05, 0.1) is 11.7 Å². The van der Waals surface area contributed by atoms with Gasteiger partial charge in [0, 0.05) is 0 Å². The highest BCUT2D eigenvalue weighted by molar-refractivity contribution is 5.03. The molecule has 1 aromatic rings. The summed E-state index contributed by atoms with van der Waals surface area (Å²) in [5.41, 5.74) is -0.0104. The van der Waals surface area contributed by atoms with Gasteiger partial charge in [-0.1, -0.05) is 0 Å². The number of nitrogens with zero attached hydrogens (tertiary/aromatic N) is 1. The highest BCUT2D eigenvalue weighted by Gasteiger charge is 2.33. The van der Waals surface area contributed by atoms with Gasteiger partial charge in [-0.15, -0.1) is 0 Å². The van der Waals surface area contributed by atoms with Crippen molar-refractivity contribution in [3.05, 3.63) is 18.4 Å². The van der Waals surface area contributed by atoms with E-state index in [1.54, 1.807) is 12.5 Å². The lowest BCUT2D eigenvalue weighted by Crippen LogP contribution is -2.33. The first kappa shape index (κ1) is 6.85. The third-order valence-electron chi connectivity index (χ3n) is 2.27. The van der Waals surface area contributed by atoms with Gasteiger partial charge >= 0.3 is 0 Å². The van der Waals surface area contributed by atoms with Gasteiger partial charge in [-0.2, -0.15) is 0 Å². The molecule has 1 aliphatic heterocycles. The highest BCUT2D eigenvalue weighted by Crippen LogP contribution is 2.28. The molecule has 2 rings (SSSR count). The number of rotatable bonds is 1. The van der Waals surface area contributed by atoms with E-state index < -0.39 is 0 Å². The van der Waals surface area contributed by atoms with E-state index in [2.05, 4.69) is 17.2 Å². The fourth-order valence-corrected chi connectivity index (χ4v) is 1.57. The summed E-state index contributed by atoms with van der Waals surface area (Å²) in [6.45, 7) is 3.20. The fraction of sp³-hybridized carbons (Fsp3) is 0.625. The van der Waals surface area contributed by atoms with Crippen LogP contribution in [0.1, 0.15) is 25.7 Å². The molecular weight excluding hydrogens is 140 g/mol. The van der Waals surface area contributed by atoms with Crippen LogP contribution in [-0.4, -0.2) is 11.5 Å². The van der Waals surface area contributed by atoms with E-state index in [-0.39, 0.29) is 5.54 Å². The van der Waals surface area contributed by atoms with Crippen molar-refractivity contribution in [2.24, 2.45) is 0 Å². The Morgan fingerprint density at radius 2 is 2.64 bits per heavy atom. The lowest BCUT2D eigenvalue weighted by atomic mass is 10.0. The Morgan fingerprint density at radius 3 is 3.18 bits per heavy atom. The van der Waals surface area contributed by atoms with E-state index in [4.69, 9.17) is 4.42 Å². The van der Waals surface area contributed by atoms with Crippen molar-refractivity contribution in [3.8, 4) is 0 Å². The molecule has 3 nitrogen and oxygen atoms in total. The molecule has 0 saturated carbocycles. The minimum Gasteiger partial charge on any atom is -0.447 e. The molecule has 0 aliphatic carbocycles. The molecule has 1 aliphatic rings. The Bertz CT molecular complexity index is 224. The van der Waals surface area contributed by atoms with Crippen molar-refractivity contribution in [1.29, 1.82) is 0 Å². The van der Waals surface area contributed by atoms with Crippen LogP contribution in [0.3, 0.4) is 0 Å². The number of oxazole rings is 1. The maximum absolute atomic E-state index is 5.25. The molecule has 1 unspecified atom stereocenters. The van der Waals surface area contributed by atoms with Gasteiger partial charge < -0.3 is 9.73 Å². The SMILES string of the molecule is CC1(c2ncco2)CCCN1. The molecule has 3 heteroatoms. The van der Waals surface area contributed by atoms with E-state index in [0.717, 1.165) is 18.9 Å². The van der Waals surface area contributed by atoms with E-state index in [0.29, 0.717) is 0 Å². The quantitative estimate of drug-likeness (QED) is 0.658. The lowest BCUT2D eigenvalue weighted by molar-refractivity contribution is 0.320. The second-order valence-electron chi connectivity index (χ2n) is 3.20. The van der Waals surface area contributed by atoms with Gasteiger partial charge in [-0.05, 0) is 26.3 Å². The molecule has 1 atom stereocenters. The predicted molar refractivity (Wildman–Crippen MR) is 41.1 cm³/mol. The Kier molecular flexibility index (Phi) is 1.46.